The van der Waals surface area contributed by atoms with E-state index >= 15 is 0 Å². The molecule has 0 saturated heterocycles. The number of carbonyl (C=O) groups is 8. The summed E-state index contributed by atoms with van der Waals surface area (Å²) in [6.07, 6.45) is 11.1. The van der Waals surface area contributed by atoms with Crippen LogP contribution < -0.4 is 31.9 Å². The number of hydrogen-bond donors (Lipinski definition) is 6. The van der Waals surface area contributed by atoms with Gasteiger partial charge in [-0.15, -0.1) is 23.5 Å². The molecule has 0 aliphatic heterocycles. The smallest absolute Gasteiger partial charge is 0.446 e. The molecule has 0 fully saturated rings. The van der Waals surface area contributed by atoms with Crippen molar-refractivity contribution in [3.8, 4) is 6.07 Å². The number of oxime groups is 7. The Bertz CT molecular complexity index is 3140. The van der Waals surface area contributed by atoms with Crippen molar-refractivity contribution in [3.05, 3.63) is 35.9 Å². The first-order chi connectivity index (χ1) is 47.3. The number of nitrogens with zero attached hydrogens (tertiary/aromatic N) is 10. The third-order valence-electron chi connectivity index (χ3n) is 11.5. The lowest BCUT2D eigenvalue weighted by molar-refractivity contribution is -0.143. The van der Waals surface area contributed by atoms with Gasteiger partial charge in [-0.05, 0) is 113 Å². The summed E-state index contributed by atoms with van der Waals surface area (Å²) >= 11 is 7.27. The molecule has 0 radical (unpaired) electrons. The van der Waals surface area contributed by atoms with Crippen LogP contribution in [0.5, 0.6) is 0 Å². The van der Waals surface area contributed by atoms with Crippen LogP contribution in [0.4, 0.5) is 33.6 Å². The van der Waals surface area contributed by atoms with E-state index in [-0.39, 0.29) is 33.5 Å². The minimum atomic E-state index is -3.27. The van der Waals surface area contributed by atoms with Gasteiger partial charge in [0, 0.05) is 109 Å². The minimum absolute atomic E-state index is 0.103. The molecule has 36 nitrogen and oxygen atoms in total. The van der Waals surface area contributed by atoms with E-state index in [1.165, 1.54) is 116 Å². The van der Waals surface area contributed by atoms with Crippen molar-refractivity contribution in [2.24, 2.45) is 41.5 Å². The molecule has 2 unspecified atom stereocenters. The first-order valence-corrected chi connectivity index (χ1v) is 39.5. The first kappa shape index (κ1) is 105. The van der Waals surface area contributed by atoms with Gasteiger partial charge in [0.1, 0.15) is 14.8 Å². The number of benzene rings is 1. The fourth-order valence-corrected chi connectivity index (χ4v) is 6.75. The average molecular weight is 1580 g/mol. The van der Waals surface area contributed by atoms with Crippen LogP contribution in [0.2, 0.25) is 0 Å². The SMILES string of the molecule is CCOC(=O)CCN(Cc1ccccc1)SN(C)C(=O)O/N=C(/C)SC.CNC(=O)O/N=C(\C)C(C)S(C)(=O)=O.CNC(=O)O/N=C(\C)C(C)SC.CNC(=O)O/N=C(\C)SC.CNC(=O)O/N=C/C(C)(C)S(C)(=O)=O.CNC(=O)O/N=C/C(C)(C)SC.CNC(=O)O/N=C\C(C)(C)CCC#N. The van der Waals surface area contributed by atoms with E-state index in [1.807, 2.05) is 101 Å². The van der Waals surface area contributed by atoms with Gasteiger partial charge in [-0.3, -0.25) is 38.7 Å². The molecule has 2 atom stereocenters. The van der Waals surface area contributed by atoms with E-state index < -0.39 is 72.3 Å². The molecular weight excluding hydrogens is 1480 g/mol. The maximum atomic E-state index is 12.0. The number of nitriles is 1. The Morgan fingerprint density at radius 3 is 1.39 bits per heavy atom. The summed E-state index contributed by atoms with van der Waals surface area (Å²) in [4.78, 5) is 118. The quantitative estimate of drug-likeness (QED) is 0.0125. The van der Waals surface area contributed by atoms with Crippen molar-refractivity contribution in [1.82, 2.24) is 40.5 Å². The highest BCUT2D eigenvalue weighted by Crippen LogP contribution is 2.22. The first-order valence-electron chi connectivity index (χ1n) is 29.9. The highest BCUT2D eigenvalue weighted by Gasteiger charge is 2.28. The van der Waals surface area contributed by atoms with Crippen molar-refractivity contribution < 1.29 is 93.8 Å². The summed E-state index contributed by atoms with van der Waals surface area (Å²) in [5.74, 6) is -0.267. The summed E-state index contributed by atoms with van der Waals surface area (Å²) in [6.45, 7) is 24.1. The topological polar surface area (TPSA) is 468 Å². The molecule has 102 heavy (non-hydrogen) atoms. The van der Waals surface area contributed by atoms with Gasteiger partial charge in [-0.2, -0.15) is 28.8 Å². The molecule has 7 amide bonds. The van der Waals surface area contributed by atoms with Gasteiger partial charge < -0.3 is 36.6 Å². The van der Waals surface area contributed by atoms with E-state index in [9.17, 15) is 55.2 Å². The zero-order chi connectivity index (χ0) is 80.3. The molecule has 1 aromatic rings. The zero-order valence-electron chi connectivity index (χ0n) is 63.0. The Hall–Kier alpha value is -7.63. The van der Waals surface area contributed by atoms with Crippen LogP contribution >= 0.6 is 59.2 Å². The molecule has 0 saturated carbocycles. The summed E-state index contributed by atoms with van der Waals surface area (Å²) in [5, 5.41) is 47.3. The zero-order valence-corrected chi connectivity index (χ0v) is 68.7. The molecule has 0 bridgehead atoms. The van der Waals surface area contributed by atoms with Crippen molar-refractivity contribution >= 4 is 168 Å². The van der Waals surface area contributed by atoms with Crippen molar-refractivity contribution in [1.29, 1.82) is 5.26 Å². The number of amides is 7. The molecule has 0 aromatic heterocycles. The van der Waals surface area contributed by atoms with E-state index in [1.54, 1.807) is 57.6 Å². The van der Waals surface area contributed by atoms with Gasteiger partial charge >= 0.3 is 48.6 Å². The largest absolute Gasteiger partial charge is 0.466 e. The number of hydrogen-bond acceptors (Lipinski definition) is 34. The predicted octanol–water partition coefficient (Wildman–Crippen LogP) is 9.71. The van der Waals surface area contributed by atoms with Gasteiger partial charge in [0.25, 0.3) is 0 Å². The molecular formula is C59H106N16O20S7. The Labute approximate surface area is 622 Å². The summed E-state index contributed by atoms with van der Waals surface area (Å²) < 4.78 is 51.4. The normalized spacial score (nSPS) is 12.3. The highest BCUT2D eigenvalue weighted by molar-refractivity contribution is 8.13. The molecule has 1 aromatic carbocycles. The lowest BCUT2D eigenvalue weighted by atomic mass is 9.90. The third-order valence-corrected chi connectivity index (χ3v) is 19.6. The molecule has 6 N–H and O–H groups in total. The molecule has 43 heteroatoms. The number of thioether (sulfide) groups is 4. The number of carbonyl (C=O) groups excluding carboxylic acids is 8. The van der Waals surface area contributed by atoms with Crippen LogP contribution in [0.3, 0.4) is 0 Å². The molecule has 0 spiro atoms. The second-order valence-corrected chi connectivity index (χ2v) is 31.9. The molecule has 1 rings (SSSR count). The van der Waals surface area contributed by atoms with E-state index in [4.69, 9.17) is 14.8 Å². The van der Waals surface area contributed by atoms with E-state index in [2.05, 4.69) is 103 Å². The van der Waals surface area contributed by atoms with Crippen LogP contribution in [-0.2, 0) is 69.6 Å². The summed E-state index contributed by atoms with van der Waals surface area (Å²) in [6, 6.07) is 11.9. The molecule has 0 heterocycles. The van der Waals surface area contributed by atoms with Gasteiger partial charge in [0.05, 0.1) is 54.4 Å². The van der Waals surface area contributed by atoms with E-state index in [0.29, 0.717) is 42.6 Å². The number of sulfone groups is 2. The fourth-order valence-electron chi connectivity index (χ4n) is 4.27. The fraction of sp³-hybridized carbons (Fsp3) is 0.627. The van der Waals surface area contributed by atoms with Gasteiger partial charge in [0.2, 0.25) is 0 Å². The molecule has 0 aliphatic carbocycles. The van der Waals surface area contributed by atoms with Crippen molar-refractivity contribution in [3.63, 3.8) is 0 Å². The summed E-state index contributed by atoms with van der Waals surface area (Å²) in [7, 11) is 3.80. The van der Waals surface area contributed by atoms with Crippen LogP contribution in [0.25, 0.3) is 0 Å². The highest BCUT2D eigenvalue weighted by atomic mass is 32.2. The lowest BCUT2D eigenvalue weighted by Crippen LogP contribution is -2.32. The summed E-state index contributed by atoms with van der Waals surface area (Å²) in [5.41, 5.74) is 1.87. The number of ether oxygens (including phenoxy) is 1. The predicted molar refractivity (Wildman–Crippen MR) is 411 cm³/mol. The van der Waals surface area contributed by atoms with Gasteiger partial charge in [-0.1, -0.05) is 80.3 Å². The second kappa shape index (κ2) is 60.9. The number of esters is 1. The minimum Gasteiger partial charge on any atom is -0.466 e. The average Bonchev–Trinajstić information content (AvgIpc) is 0.850. The number of rotatable bonds is 26. The Morgan fingerprint density at radius 2 is 1.01 bits per heavy atom. The number of nitrogens with one attached hydrogen (secondary N) is 6. The van der Waals surface area contributed by atoms with Crippen LogP contribution in [-0.4, -0.2) is 234 Å². The van der Waals surface area contributed by atoms with Crippen LogP contribution in [0.1, 0.15) is 115 Å². The van der Waals surface area contributed by atoms with Crippen molar-refractivity contribution in [2.75, 3.05) is 100 Å². The Balaban J connectivity index is -0.000000271. The maximum absolute atomic E-state index is 12.0. The van der Waals surface area contributed by atoms with Crippen molar-refractivity contribution in [2.45, 2.75) is 136 Å². The molecule has 584 valence electrons. The third kappa shape index (κ3) is 63.3. The Kier molecular flexibility index (Phi) is 62.9. The molecule has 0 aliphatic rings. The lowest BCUT2D eigenvalue weighted by Gasteiger charge is -2.24. The second-order valence-electron chi connectivity index (χ2n) is 21.1. The maximum Gasteiger partial charge on any atom is 0.446 e. The van der Waals surface area contributed by atoms with E-state index in [0.717, 1.165) is 30.0 Å². The monoisotopic (exact) mass is 1580 g/mol. The van der Waals surface area contributed by atoms with Gasteiger partial charge in [0.15, 0.2) is 19.7 Å². The van der Waals surface area contributed by atoms with Gasteiger partial charge in [-0.25, -0.2) is 59.0 Å². The standard InChI is InChI=1S/C17H25N3O4S2.C9H15N3O2.2C7H14N2O4S.2C7H14N2O2S.C5H10N2O2S/c1-5-23-16(21)11-12-20(13-15-9-7-6-8-10-15)26-19(3)17(22)24-18-14(2)25-4;1-9(2,5-4-6-10)7-12-14-8(13)11-3;1-7(2,14(4,11)12)5-9-13-6(10)8-3;1-5(6(2)14(4,11)12)9-13-7(10)8-3;1-7(2,12-4)5-9-11-6(10)8-3;1-5(6(2)12-4)9-11-7(10)8-3;1-4(10-3)7-9-5(8)6-2/h6-10H,5,11-13H2,1-4H3;7H,4-5H2,1-3H3,(H,11,13);5H,1-4H3,(H,8,10);6H,1-4H3,(H,8,10);5H,1-4H3,(H,8,10);6H,1-4H3,(H,8,10);1-3H3,(H,6,8)/b18-14-;12-7-;4*9-5+;7-4+. The Morgan fingerprint density at radius 1 is 0.608 bits per heavy atom. The van der Waals surface area contributed by atoms with Crippen LogP contribution in [0.15, 0.2) is 66.4 Å². The van der Waals surface area contributed by atoms with Crippen LogP contribution in [0, 0.1) is 16.7 Å².